The number of nitrogens with one attached hydrogen (secondary N) is 1. The van der Waals surface area contributed by atoms with Crippen LogP contribution < -0.4 is 5.32 Å². The van der Waals surface area contributed by atoms with Gasteiger partial charge in [0, 0.05) is 0 Å². The molecule has 0 atom stereocenters. The number of aryl methyl sites for hydroxylation is 3. The monoisotopic (exact) mass is 241 g/mol. The van der Waals surface area contributed by atoms with Crippen LogP contribution in [0.15, 0.2) is 22.6 Å². The number of aromatic nitrogens is 1. The summed E-state index contributed by atoms with van der Waals surface area (Å²) in [5.41, 5.74) is 3.41. The van der Waals surface area contributed by atoms with E-state index in [0.717, 1.165) is 22.7 Å². The van der Waals surface area contributed by atoms with Crippen molar-refractivity contribution in [3.63, 3.8) is 0 Å². The molecule has 0 radical (unpaired) electrons. The molecular formula is C14H15N3O. The van der Waals surface area contributed by atoms with Gasteiger partial charge < -0.3 is 9.73 Å². The van der Waals surface area contributed by atoms with Gasteiger partial charge >= 0.3 is 0 Å². The van der Waals surface area contributed by atoms with E-state index in [9.17, 15) is 0 Å². The molecule has 0 aliphatic heterocycles. The summed E-state index contributed by atoms with van der Waals surface area (Å²) >= 11 is 0. The molecular weight excluding hydrogens is 226 g/mol. The largest absolute Gasteiger partial charge is 0.444 e. The van der Waals surface area contributed by atoms with Crippen LogP contribution in [0, 0.1) is 32.1 Å². The molecule has 0 saturated carbocycles. The third-order valence-corrected chi connectivity index (χ3v) is 2.80. The number of benzene rings is 1. The van der Waals surface area contributed by atoms with E-state index in [1.165, 1.54) is 0 Å². The summed E-state index contributed by atoms with van der Waals surface area (Å²) in [6, 6.07) is 7.90. The second-order valence-corrected chi connectivity index (χ2v) is 4.26. The molecule has 1 aromatic carbocycles. The zero-order valence-electron chi connectivity index (χ0n) is 10.7. The van der Waals surface area contributed by atoms with Crippen molar-refractivity contribution in [1.29, 1.82) is 5.26 Å². The van der Waals surface area contributed by atoms with Crippen molar-refractivity contribution in [3.05, 3.63) is 46.7 Å². The second kappa shape index (κ2) is 4.92. The van der Waals surface area contributed by atoms with E-state index in [1.54, 1.807) is 0 Å². The first kappa shape index (κ1) is 12.2. The van der Waals surface area contributed by atoms with Gasteiger partial charge in [-0.25, -0.2) is 4.98 Å². The van der Waals surface area contributed by atoms with Crippen LogP contribution in [0.4, 0.5) is 5.69 Å². The van der Waals surface area contributed by atoms with Crippen molar-refractivity contribution < 1.29 is 4.42 Å². The summed E-state index contributed by atoms with van der Waals surface area (Å²) in [7, 11) is 0. The third-order valence-electron chi connectivity index (χ3n) is 2.80. The molecule has 0 unspecified atom stereocenters. The fraction of sp³-hybridized carbons (Fsp3) is 0.286. The molecule has 1 N–H and O–H groups in total. The lowest BCUT2D eigenvalue weighted by molar-refractivity contribution is 0.478. The molecule has 0 saturated heterocycles. The highest BCUT2D eigenvalue weighted by molar-refractivity contribution is 5.58. The zero-order valence-corrected chi connectivity index (χ0v) is 10.7. The molecule has 4 heteroatoms. The Morgan fingerprint density at radius 3 is 2.72 bits per heavy atom. The van der Waals surface area contributed by atoms with Crippen LogP contribution >= 0.6 is 0 Å². The summed E-state index contributed by atoms with van der Waals surface area (Å²) in [6.45, 7) is 6.24. The molecule has 2 aromatic rings. The first-order valence-electron chi connectivity index (χ1n) is 5.77. The number of nitriles is 1. The van der Waals surface area contributed by atoms with Crippen LogP contribution in [0.5, 0.6) is 0 Å². The fourth-order valence-corrected chi connectivity index (χ4v) is 1.69. The maximum Gasteiger partial charge on any atom is 0.213 e. The van der Waals surface area contributed by atoms with Crippen molar-refractivity contribution in [1.82, 2.24) is 4.98 Å². The van der Waals surface area contributed by atoms with Crippen LogP contribution in [-0.4, -0.2) is 4.98 Å². The van der Waals surface area contributed by atoms with E-state index in [2.05, 4.69) is 16.4 Å². The van der Waals surface area contributed by atoms with E-state index in [1.807, 2.05) is 39.0 Å². The van der Waals surface area contributed by atoms with Gasteiger partial charge in [0.05, 0.1) is 23.5 Å². The van der Waals surface area contributed by atoms with Crippen LogP contribution in [0.3, 0.4) is 0 Å². The van der Waals surface area contributed by atoms with Gasteiger partial charge in [-0.2, -0.15) is 5.26 Å². The molecule has 18 heavy (non-hydrogen) atoms. The lowest BCUT2D eigenvalue weighted by atomic mass is 10.1. The molecule has 0 aliphatic rings. The van der Waals surface area contributed by atoms with E-state index < -0.39 is 0 Å². The van der Waals surface area contributed by atoms with Crippen LogP contribution in [0.2, 0.25) is 0 Å². The average molecular weight is 241 g/mol. The first-order valence-corrected chi connectivity index (χ1v) is 5.77. The lowest BCUT2D eigenvalue weighted by Crippen LogP contribution is -2.01. The van der Waals surface area contributed by atoms with Crippen molar-refractivity contribution in [3.8, 4) is 6.07 Å². The van der Waals surface area contributed by atoms with Gasteiger partial charge in [-0.05, 0) is 38.5 Å². The van der Waals surface area contributed by atoms with Gasteiger partial charge in [-0.15, -0.1) is 0 Å². The van der Waals surface area contributed by atoms with E-state index in [-0.39, 0.29) is 0 Å². The highest BCUT2D eigenvalue weighted by atomic mass is 16.4. The molecule has 92 valence electrons. The zero-order chi connectivity index (χ0) is 13.1. The summed E-state index contributed by atoms with van der Waals surface area (Å²) in [6.07, 6.45) is 0. The summed E-state index contributed by atoms with van der Waals surface area (Å²) < 4.78 is 5.48. The maximum atomic E-state index is 9.06. The molecule has 0 aliphatic carbocycles. The van der Waals surface area contributed by atoms with Crippen LogP contribution in [0.25, 0.3) is 0 Å². The quantitative estimate of drug-likeness (QED) is 0.897. The highest BCUT2D eigenvalue weighted by Crippen LogP contribution is 2.17. The average Bonchev–Trinajstić information content (AvgIpc) is 2.67. The number of nitrogens with zero attached hydrogens (tertiary/aromatic N) is 2. The van der Waals surface area contributed by atoms with Gasteiger partial charge in [0.25, 0.3) is 0 Å². The number of oxazole rings is 1. The summed E-state index contributed by atoms with van der Waals surface area (Å²) in [4.78, 5) is 4.29. The van der Waals surface area contributed by atoms with Gasteiger partial charge in [-0.1, -0.05) is 6.07 Å². The smallest absolute Gasteiger partial charge is 0.213 e. The van der Waals surface area contributed by atoms with Crippen molar-refractivity contribution in [2.75, 3.05) is 5.32 Å². The molecule has 0 bridgehead atoms. The fourth-order valence-electron chi connectivity index (χ4n) is 1.69. The molecule has 2 rings (SSSR count). The van der Waals surface area contributed by atoms with Crippen molar-refractivity contribution in [2.24, 2.45) is 0 Å². The maximum absolute atomic E-state index is 9.06. The number of anilines is 1. The standard InChI is InChI=1S/C14H15N3O/c1-9-4-5-13(12(6-9)7-15)16-8-14-17-10(2)11(3)18-14/h4-6,16H,8H2,1-3H3. The SMILES string of the molecule is Cc1ccc(NCc2nc(C)c(C)o2)c(C#N)c1. The molecule has 1 aromatic heterocycles. The van der Waals surface area contributed by atoms with Crippen molar-refractivity contribution in [2.45, 2.75) is 27.3 Å². The Morgan fingerprint density at radius 1 is 1.33 bits per heavy atom. The Labute approximate surface area is 106 Å². The van der Waals surface area contributed by atoms with Crippen molar-refractivity contribution >= 4 is 5.69 Å². The lowest BCUT2D eigenvalue weighted by Gasteiger charge is -2.06. The first-order chi connectivity index (χ1) is 8.60. The Hall–Kier alpha value is -2.28. The molecule has 4 nitrogen and oxygen atoms in total. The van der Waals surface area contributed by atoms with E-state index >= 15 is 0 Å². The normalized spacial score (nSPS) is 10.1. The molecule has 0 amide bonds. The Kier molecular flexibility index (Phi) is 3.33. The number of hydrogen-bond donors (Lipinski definition) is 1. The van der Waals surface area contributed by atoms with Crippen LogP contribution in [0.1, 0.15) is 28.5 Å². The van der Waals surface area contributed by atoms with Gasteiger partial charge in [0.1, 0.15) is 11.8 Å². The molecule has 1 heterocycles. The van der Waals surface area contributed by atoms with Gasteiger partial charge in [0.15, 0.2) is 0 Å². The minimum absolute atomic E-state index is 0.479. The van der Waals surface area contributed by atoms with E-state index in [0.29, 0.717) is 18.0 Å². The number of hydrogen-bond acceptors (Lipinski definition) is 4. The minimum atomic E-state index is 0.479. The number of rotatable bonds is 3. The van der Waals surface area contributed by atoms with Crippen LogP contribution in [-0.2, 0) is 6.54 Å². The third kappa shape index (κ3) is 2.51. The topological polar surface area (TPSA) is 61.9 Å². The molecule has 0 spiro atoms. The Morgan fingerprint density at radius 2 is 2.11 bits per heavy atom. The second-order valence-electron chi connectivity index (χ2n) is 4.26. The van der Waals surface area contributed by atoms with E-state index in [4.69, 9.17) is 9.68 Å². The van der Waals surface area contributed by atoms with Gasteiger partial charge in [-0.3, -0.25) is 0 Å². The summed E-state index contributed by atoms with van der Waals surface area (Å²) in [5, 5.41) is 12.2. The highest BCUT2D eigenvalue weighted by Gasteiger charge is 2.07. The Balaban J connectivity index is 2.13. The predicted octanol–water partition coefficient (Wildman–Crippen LogP) is 3.08. The molecule has 0 fully saturated rings. The van der Waals surface area contributed by atoms with Gasteiger partial charge in [0.2, 0.25) is 5.89 Å². The Bertz CT molecular complexity index is 588. The predicted molar refractivity (Wildman–Crippen MR) is 69.2 cm³/mol. The summed E-state index contributed by atoms with van der Waals surface area (Å²) in [5.74, 6) is 1.46. The minimum Gasteiger partial charge on any atom is -0.444 e.